The average molecular weight is 281 g/mol. The highest BCUT2D eigenvalue weighted by Crippen LogP contribution is 2.24. The van der Waals surface area contributed by atoms with E-state index < -0.39 is 0 Å². The minimum Gasteiger partial charge on any atom is -0.497 e. The van der Waals surface area contributed by atoms with Crippen LogP contribution in [0.1, 0.15) is 18.4 Å². The van der Waals surface area contributed by atoms with Gasteiger partial charge in [-0.15, -0.1) is 0 Å². The van der Waals surface area contributed by atoms with E-state index in [0.29, 0.717) is 6.04 Å². The summed E-state index contributed by atoms with van der Waals surface area (Å²) >= 11 is 2.06. The second kappa shape index (κ2) is 7.65. The van der Waals surface area contributed by atoms with E-state index in [-0.39, 0.29) is 0 Å². The van der Waals surface area contributed by atoms with E-state index in [1.165, 1.54) is 29.9 Å². The third kappa shape index (κ3) is 4.32. The summed E-state index contributed by atoms with van der Waals surface area (Å²) in [4.78, 5) is 0. The van der Waals surface area contributed by atoms with Crippen LogP contribution >= 0.6 is 11.8 Å². The van der Waals surface area contributed by atoms with Crippen molar-refractivity contribution in [3.8, 4) is 11.5 Å². The van der Waals surface area contributed by atoms with Gasteiger partial charge in [0, 0.05) is 11.8 Å². The monoisotopic (exact) mass is 281 g/mol. The Morgan fingerprint density at radius 3 is 2.89 bits per heavy atom. The average Bonchev–Trinajstić information content (AvgIpc) is 2.48. The molecule has 1 aliphatic heterocycles. The lowest BCUT2D eigenvalue weighted by molar-refractivity contribution is 0.397. The highest BCUT2D eigenvalue weighted by atomic mass is 32.2. The van der Waals surface area contributed by atoms with E-state index in [4.69, 9.17) is 9.47 Å². The molecule has 0 bridgehead atoms. The van der Waals surface area contributed by atoms with E-state index in [2.05, 4.69) is 23.1 Å². The van der Waals surface area contributed by atoms with Gasteiger partial charge in [-0.05, 0) is 55.3 Å². The van der Waals surface area contributed by atoms with Crippen LogP contribution in [-0.2, 0) is 6.42 Å². The minimum atomic E-state index is 0.676. The molecule has 106 valence electrons. The molecule has 1 saturated heterocycles. The molecule has 4 heteroatoms. The third-order valence-electron chi connectivity index (χ3n) is 3.48. The van der Waals surface area contributed by atoms with Crippen molar-refractivity contribution in [3.63, 3.8) is 0 Å². The van der Waals surface area contributed by atoms with Gasteiger partial charge in [0.15, 0.2) is 0 Å². The predicted octanol–water partition coefficient (Wildman–Crippen LogP) is 2.73. The van der Waals surface area contributed by atoms with Crippen LogP contribution in [0.4, 0.5) is 0 Å². The number of methoxy groups -OCH3 is 2. The Morgan fingerprint density at radius 1 is 1.32 bits per heavy atom. The van der Waals surface area contributed by atoms with Gasteiger partial charge in [0.05, 0.1) is 14.2 Å². The molecule has 3 nitrogen and oxygen atoms in total. The molecule has 1 aromatic carbocycles. The topological polar surface area (TPSA) is 30.5 Å². The predicted molar refractivity (Wildman–Crippen MR) is 81.6 cm³/mol. The highest BCUT2D eigenvalue weighted by Gasteiger charge is 2.13. The van der Waals surface area contributed by atoms with Crippen molar-refractivity contribution in [1.29, 1.82) is 0 Å². The Kier molecular flexibility index (Phi) is 5.86. The molecule has 1 N–H and O–H groups in total. The number of hydrogen-bond acceptors (Lipinski definition) is 4. The van der Waals surface area contributed by atoms with Crippen LogP contribution in [0.3, 0.4) is 0 Å². The smallest absolute Gasteiger partial charge is 0.122 e. The third-order valence-corrected chi connectivity index (χ3v) is 4.69. The molecule has 1 aliphatic rings. The number of rotatable bonds is 6. The Hall–Kier alpha value is -0.870. The van der Waals surface area contributed by atoms with Crippen molar-refractivity contribution in [2.24, 2.45) is 0 Å². The number of benzene rings is 1. The summed E-state index contributed by atoms with van der Waals surface area (Å²) in [5.41, 5.74) is 1.21. The van der Waals surface area contributed by atoms with E-state index in [1.807, 2.05) is 12.1 Å². The molecule has 0 saturated carbocycles. The molecule has 19 heavy (non-hydrogen) atoms. The first-order valence-electron chi connectivity index (χ1n) is 6.85. The van der Waals surface area contributed by atoms with Crippen LogP contribution < -0.4 is 14.8 Å². The summed E-state index contributed by atoms with van der Waals surface area (Å²) in [5, 5.41) is 3.64. The van der Waals surface area contributed by atoms with Crippen molar-refractivity contribution in [3.05, 3.63) is 23.8 Å². The van der Waals surface area contributed by atoms with Crippen LogP contribution in [0.5, 0.6) is 11.5 Å². The van der Waals surface area contributed by atoms with Gasteiger partial charge < -0.3 is 14.8 Å². The molecular formula is C15H23NO2S. The van der Waals surface area contributed by atoms with Crippen molar-refractivity contribution in [1.82, 2.24) is 5.32 Å². The molecular weight excluding hydrogens is 258 g/mol. The number of hydrogen-bond donors (Lipinski definition) is 1. The number of thioether (sulfide) groups is 1. The molecule has 0 radical (unpaired) electrons. The summed E-state index contributed by atoms with van der Waals surface area (Å²) in [7, 11) is 3.42. The first kappa shape index (κ1) is 14.5. The van der Waals surface area contributed by atoms with Gasteiger partial charge in [0.1, 0.15) is 11.5 Å². The van der Waals surface area contributed by atoms with Crippen LogP contribution in [0.2, 0.25) is 0 Å². The van der Waals surface area contributed by atoms with Crippen LogP contribution in [0, 0.1) is 0 Å². The van der Waals surface area contributed by atoms with Gasteiger partial charge in [-0.25, -0.2) is 0 Å². The molecule has 0 spiro atoms. The van der Waals surface area contributed by atoms with Crippen molar-refractivity contribution in [2.45, 2.75) is 25.3 Å². The van der Waals surface area contributed by atoms with E-state index >= 15 is 0 Å². The van der Waals surface area contributed by atoms with Crippen molar-refractivity contribution in [2.75, 3.05) is 32.3 Å². The van der Waals surface area contributed by atoms with Gasteiger partial charge in [-0.1, -0.05) is 0 Å². The second-order valence-electron chi connectivity index (χ2n) is 4.80. The van der Waals surface area contributed by atoms with Gasteiger partial charge >= 0.3 is 0 Å². The fraction of sp³-hybridized carbons (Fsp3) is 0.600. The minimum absolute atomic E-state index is 0.676. The number of ether oxygens (including phenoxy) is 2. The first-order chi connectivity index (χ1) is 9.33. The quantitative estimate of drug-likeness (QED) is 0.868. The van der Waals surface area contributed by atoms with E-state index in [9.17, 15) is 0 Å². The first-order valence-corrected chi connectivity index (χ1v) is 8.01. The summed E-state index contributed by atoms with van der Waals surface area (Å²) in [6.45, 7) is 0.995. The molecule has 1 unspecified atom stereocenters. The Balaban J connectivity index is 1.86. The second-order valence-corrected chi connectivity index (χ2v) is 5.95. The molecule has 0 amide bonds. The number of nitrogens with one attached hydrogen (secondary N) is 1. The van der Waals surface area contributed by atoms with Crippen molar-refractivity contribution < 1.29 is 9.47 Å². The standard InChI is InChI=1S/C15H23NO2S/c1-17-14-5-6-15(18-2)12(10-14)7-8-16-13-4-3-9-19-11-13/h5-6,10,13,16H,3-4,7-9,11H2,1-2H3. The summed E-state index contributed by atoms with van der Waals surface area (Å²) in [6.07, 6.45) is 3.62. The van der Waals surface area contributed by atoms with E-state index in [1.54, 1.807) is 14.2 Å². The maximum Gasteiger partial charge on any atom is 0.122 e. The van der Waals surface area contributed by atoms with E-state index in [0.717, 1.165) is 24.5 Å². The molecule has 1 atom stereocenters. The van der Waals surface area contributed by atoms with Crippen molar-refractivity contribution >= 4 is 11.8 Å². The summed E-state index contributed by atoms with van der Waals surface area (Å²) < 4.78 is 10.7. The Morgan fingerprint density at radius 2 is 2.21 bits per heavy atom. The van der Waals surface area contributed by atoms with Gasteiger partial charge in [-0.3, -0.25) is 0 Å². The molecule has 0 aromatic heterocycles. The zero-order valence-electron chi connectivity index (χ0n) is 11.8. The molecule has 2 rings (SSSR count). The normalized spacial score (nSPS) is 19.2. The molecule has 1 heterocycles. The zero-order valence-corrected chi connectivity index (χ0v) is 12.6. The van der Waals surface area contributed by atoms with Crippen LogP contribution in [0.25, 0.3) is 0 Å². The van der Waals surface area contributed by atoms with Gasteiger partial charge in [0.2, 0.25) is 0 Å². The highest BCUT2D eigenvalue weighted by molar-refractivity contribution is 7.99. The Labute approximate surface area is 120 Å². The lowest BCUT2D eigenvalue weighted by Gasteiger charge is -2.22. The zero-order chi connectivity index (χ0) is 13.5. The maximum absolute atomic E-state index is 5.40. The Bertz CT molecular complexity index is 392. The summed E-state index contributed by atoms with van der Waals surface area (Å²) in [5.74, 6) is 4.40. The lowest BCUT2D eigenvalue weighted by Crippen LogP contribution is -2.35. The van der Waals surface area contributed by atoms with Gasteiger partial charge in [0.25, 0.3) is 0 Å². The lowest BCUT2D eigenvalue weighted by atomic mass is 10.1. The fourth-order valence-corrected chi connectivity index (χ4v) is 3.50. The van der Waals surface area contributed by atoms with Crippen LogP contribution in [0.15, 0.2) is 18.2 Å². The van der Waals surface area contributed by atoms with Gasteiger partial charge in [-0.2, -0.15) is 11.8 Å². The molecule has 0 aliphatic carbocycles. The fourth-order valence-electron chi connectivity index (χ4n) is 2.39. The molecule has 1 fully saturated rings. The molecule has 1 aromatic rings. The van der Waals surface area contributed by atoms with Crippen LogP contribution in [-0.4, -0.2) is 38.3 Å². The maximum atomic E-state index is 5.40. The SMILES string of the molecule is COc1ccc(OC)c(CCNC2CCCSC2)c1. The summed E-state index contributed by atoms with van der Waals surface area (Å²) in [6, 6.07) is 6.66. The largest absolute Gasteiger partial charge is 0.497 e.